The van der Waals surface area contributed by atoms with Crippen LogP contribution in [-0.4, -0.2) is 5.91 Å². The first-order valence-electron chi connectivity index (χ1n) is 5.37. The minimum Gasteiger partial charge on any atom is -0.345 e. The Hall–Kier alpha value is -1.03. The zero-order chi connectivity index (χ0) is 13.1. The van der Waals surface area contributed by atoms with Crippen LogP contribution in [0.1, 0.15) is 28.2 Å². The number of rotatable bonds is 3. The summed E-state index contributed by atoms with van der Waals surface area (Å²) in [5.74, 6) is -0.0940. The molecular formula is C13H11Cl2NOS. The topological polar surface area (TPSA) is 29.1 Å². The van der Waals surface area contributed by atoms with Crippen molar-refractivity contribution in [3.05, 3.63) is 56.2 Å². The molecule has 1 atom stereocenters. The summed E-state index contributed by atoms with van der Waals surface area (Å²) in [6, 6.07) is 8.73. The lowest BCUT2D eigenvalue weighted by atomic mass is 10.1. The average molecular weight is 300 g/mol. The van der Waals surface area contributed by atoms with E-state index in [0.29, 0.717) is 14.9 Å². The van der Waals surface area contributed by atoms with Gasteiger partial charge >= 0.3 is 0 Å². The fourth-order valence-electron chi connectivity index (χ4n) is 1.61. The van der Waals surface area contributed by atoms with Gasteiger partial charge in [0, 0.05) is 10.0 Å². The van der Waals surface area contributed by atoms with Gasteiger partial charge in [-0.3, -0.25) is 4.79 Å². The van der Waals surface area contributed by atoms with Crippen molar-refractivity contribution in [2.75, 3.05) is 0 Å². The summed E-state index contributed by atoms with van der Waals surface area (Å²) in [4.78, 5) is 12.6. The molecule has 1 amide bonds. The second kappa shape index (κ2) is 5.74. The Kier molecular flexibility index (Phi) is 4.27. The van der Waals surface area contributed by atoms with Crippen LogP contribution in [-0.2, 0) is 0 Å². The molecule has 0 spiro atoms. The van der Waals surface area contributed by atoms with Gasteiger partial charge < -0.3 is 5.32 Å². The van der Waals surface area contributed by atoms with Crippen molar-refractivity contribution >= 4 is 40.4 Å². The number of benzene rings is 1. The number of hydrogen-bond acceptors (Lipinski definition) is 2. The van der Waals surface area contributed by atoms with Crippen molar-refractivity contribution in [2.24, 2.45) is 0 Å². The number of thiophene rings is 1. The maximum absolute atomic E-state index is 11.9. The normalized spacial score (nSPS) is 12.2. The van der Waals surface area contributed by atoms with Crippen molar-refractivity contribution in [3.8, 4) is 0 Å². The van der Waals surface area contributed by atoms with Crippen molar-refractivity contribution in [2.45, 2.75) is 13.0 Å². The Morgan fingerprint density at radius 1 is 1.33 bits per heavy atom. The third-order valence-electron chi connectivity index (χ3n) is 2.52. The highest BCUT2D eigenvalue weighted by Gasteiger charge is 2.14. The van der Waals surface area contributed by atoms with E-state index in [0.717, 1.165) is 5.56 Å². The Morgan fingerprint density at radius 2 is 2.11 bits per heavy atom. The van der Waals surface area contributed by atoms with E-state index in [1.165, 1.54) is 11.3 Å². The molecule has 0 fully saturated rings. The second-order valence-corrected chi connectivity index (χ2v) is 5.63. The minimum absolute atomic E-state index is 0.0940. The van der Waals surface area contributed by atoms with E-state index < -0.39 is 0 Å². The fraction of sp³-hybridized carbons (Fsp3) is 0.154. The Morgan fingerprint density at radius 3 is 2.72 bits per heavy atom. The summed E-state index contributed by atoms with van der Waals surface area (Å²) in [7, 11) is 0. The molecule has 0 radical (unpaired) electrons. The monoisotopic (exact) mass is 299 g/mol. The third-order valence-corrected chi connectivity index (χ3v) is 3.95. The van der Waals surface area contributed by atoms with Gasteiger partial charge in [0.25, 0.3) is 5.91 Å². The fourth-order valence-corrected chi connectivity index (χ4v) is 2.80. The lowest BCUT2D eigenvalue weighted by molar-refractivity contribution is 0.0944. The molecular weight excluding hydrogens is 289 g/mol. The first kappa shape index (κ1) is 13.4. The number of carbonyl (C=O) groups excluding carboxylic acids is 1. The van der Waals surface area contributed by atoms with Crippen LogP contribution in [0.4, 0.5) is 0 Å². The van der Waals surface area contributed by atoms with Gasteiger partial charge in [-0.15, -0.1) is 11.3 Å². The first-order valence-corrected chi connectivity index (χ1v) is 7.01. The molecule has 2 aromatic rings. The molecule has 0 aliphatic rings. The maximum Gasteiger partial charge on any atom is 0.261 e. The van der Waals surface area contributed by atoms with Crippen LogP contribution in [0.25, 0.3) is 0 Å². The SMILES string of the molecule is CC(NC(=O)c1cccs1)c1ccc(Cl)cc1Cl. The van der Waals surface area contributed by atoms with Crippen LogP contribution >= 0.6 is 34.5 Å². The number of amides is 1. The molecule has 0 saturated heterocycles. The predicted molar refractivity (Wildman–Crippen MR) is 76.7 cm³/mol. The van der Waals surface area contributed by atoms with Crippen molar-refractivity contribution < 1.29 is 4.79 Å². The van der Waals surface area contributed by atoms with E-state index in [4.69, 9.17) is 23.2 Å². The maximum atomic E-state index is 11.9. The van der Waals surface area contributed by atoms with Gasteiger partial charge in [0.2, 0.25) is 0 Å². The van der Waals surface area contributed by atoms with Crippen LogP contribution in [0.5, 0.6) is 0 Å². The van der Waals surface area contributed by atoms with E-state index in [9.17, 15) is 4.79 Å². The molecule has 1 heterocycles. The lowest BCUT2D eigenvalue weighted by Crippen LogP contribution is -2.26. The highest BCUT2D eigenvalue weighted by atomic mass is 35.5. The molecule has 2 nitrogen and oxygen atoms in total. The van der Waals surface area contributed by atoms with Gasteiger partial charge in [0.15, 0.2) is 0 Å². The largest absolute Gasteiger partial charge is 0.345 e. The molecule has 0 aliphatic carbocycles. The Bertz CT molecular complexity index is 554. The molecule has 0 aliphatic heterocycles. The van der Waals surface area contributed by atoms with Crippen LogP contribution < -0.4 is 5.32 Å². The zero-order valence-electron chi connectivity index (χ0n) is 9.61. The number of nitrogens with one attached hydrogen (secondary N) is 1. The van der Waals surface area contributed by atoms with Gasteiger partial charge in [0.05, 0.1) is 10.9 Å². The van der Waals surface area contributed by atoms with Crippen LogP contribution in [0.15, 0.2) is 35.7 Å². The molecule has 1 aromatic carbocycles. The summed E-state index contributed by atoms with van der Waals surface area (Å²) in [5, 5.41) is 5.91. The predicted octanol–water partition coefficient (Wildman–Crippen LogP) is 4.55. The van der Waals surface area contributed by atoms with E-state index >= 15 is 0 Å². The average Bonchev–Trinajstić information content (AvgIpc) is 2.81. The third kappa shape index (κ3) is 3.05. The summed E-state index contributed by atoms with van der Waals surface area (Å²) >= 11 is 13.3. The van der Waals surface area contributed by atoms with Gasteiger partial charge in [0.1, 0.15) is 0 Å². The van der Waals surface area contributed by atoms with E-state index in [1.54, 1.807) is 18.2 Å². The van der Waals surface area contributed by atoms with Crippen LogP contribution in [0.2, 0.25) is 10.0 Å². The van der Waals surface area contributed by atoms with Crippen molar-refractivity contribution in [1.29, 1.82) is 0 Å². The molecule has 94 valence electrons. The standard InChI is InChI=1S/C13H11Cl2NOS/c1-8(10-5-4-9(14)7-11(10)15)16-13(17)12-3-2-6-18-12/h2-8H,1H3,(H,16,17). The minimum atomic E-state index is -0.163. The van der Waals surface area contributed by atoms with Crippen LogP contribution in [0.3, 0.4) is 0 Å². The van der Waals surface area contributed by atoms with Gasteiger partial charge in [-0.1, -0.05) is 35.3 Å². The molecule has 0 bridgehead atoms. The zero-order valence-corrected chi connectivity index (χ0v) is 11.9. The number of halogens is 2. The van der Waals surface area contributed by atoms with Crippen molar-refractivity contribution in [1.82, 2.24) is 5.32 Å². The second-order valence-electron chi connectivity index (χ2n) is 3.84. The van der Waals surface area contributed by atoms with E-state index in [2.05, 4.69) is 5.32 Å². The highest BCUT2D eigenvalue weighted by Crippen LogP contribution is 2.26. The van der Waals surface area contributed by atoms with Gasteiger partial charge in [-0.25, -0.2) is 0 Å². The summed E-state index contributed by atoms with van der Waals surface area (Å²) in [6.07, 6.45) is 0. The molecule has 1 unspecified atom stereocenters. The molecule has 1 aromatic heterocycles. The first-order chi connectivity index (χ1) is 8.58. The quantitative estimate of drug-likeness (QED) is 0.885. The molecule has 5 heteroatoms. The molecule has 18 heavy (non-hydrogen) atoms. The molecule has 1 N–H and O–H groups in total. The van der Waals surface area contributed by atoms with Gasteiger partial charge in [-0.2, -0.15) is 0 Å². The Labute approximate surface area is 120 Å². The number of hydrogen-bond donors (Lipinski definition) is 1. The van der Waals surface area contributed by atoms with Crippen molar-refractivity contribution in [3.63, 3.8) is 0 Å². The van der Waals surface area contributed by atoms with Crippen LogP contribution in [0, 0.1) is 0 Å². The summed E-state index contributed by atoms with van der Waals surface area (Å²) < 4.78 is 0. The lowest BCUT2D eigenvalue weighted by Gasteiger charge is -2.15. The van der Waals surface area contributed by atoms with E-state index in [1.807, 2.05) is 24.4 Å². The summed E-state index contributed by atoms with van der Waals surface area (Å²) in [5.41, 5.74) is 0.853. The van der Waals surface area contributed by atoms with E-state index in [-0.39, 0.29) is 11.9 Å². The van der Waals surface area contributed by atoms with Gasteiger partial charge in [-0.05, 0) is 36.1 Å². The molecule has 0 saturated carbocycles. The summed E-state index contributed by atoms with van der Waals surface area (Å²) in [6.45, 7) is 1.89. The molecule has 2 rings (SSSR count). The Balaban J connectivity index is 2.12. The smallest absolute Gasteiger partial charge is 0.261 e. The highest BCUT2D eigenvalue weighted by molar-refractivity contribution is 7.12. The number of carbonyl (C=O) groups is 1.